The molecule has 0 spiro atoms. The van der Waals surface area contributed by atoms with Gasteiger partial charge in [-0.2, -0.15) is 5.10 Å². The summed E-state index contributed by atoms with van der Waals surface area (Å²) in [5, 5.41) is 19.2. The van der Waals surface area contributed by atoms with Gasteiger partial charge in [0.1, 0.15) is 11.3 Å². The summed E-state index contributed by atoms with van der Waals surface area (Å²) in [7, 11) is 0. The number of aromatic nitrogens is 7. The molecule has 11 heteroatoms. The van der Waals surface area contributed by atoms with Crippen molar-refractivity contribution in [2.45, 2.75) is 52.0 Å². The van der Waals surface area contributed by atoms with Gasteiger partial charge in [0.05, 0.1) is 40.7 Å². The smallest absolute Gasteiger partial charge is 0.340 e. The molecule has 5 aromatic heterocycles. The number of thiazole rings is 1. The number of carboxylic acid groups (broad SMARTS) is 1. The number of carboxylic acids is 1. The van der Waals surface area contributed by atoms with Gasteiger partial charge in [-0.05, 0) is 86.8 Å². The molecule has 4 aliphatic carbocycles. The van der Waals surface area contributed by atoms with Crippen molar-refractivity contribution in [2.75, 3.05) is 5.32 Å². The van der Waals surface area contributed by atoms with Crippen LogP contribution in [-0.4, -0.2) is 45.2 Å². The second kappa shape index (κ2) is 9.93. The molecule has 0 saturated heterocycles. The predicted octanol–water partition coefficient (Wildman–Crippen LogP) is 7.23. The Labute approximate surface area is 263 Å². The molecule has 0 unspecified atom stereocenters. The lowest BCUT2D eigenvalue weighted by atomic mass is 9.49. The summed E-state index contributed by atoms with van der Waals surface area (Å²) in [6, 6.07) is 9.82. The Morgan fingerprint density at radius 3 is 2.47 bits per heavy atom. The maximum Gasteiger partial charge on any atom is 0.340 e. The van der Waals surface area contributed by atoms with Crippen molar-refractivity contribution in [1.82, 2.24) is 34.1 Å². The van der Waals surface area contributed by atoms with Crippen LogP contribution in [0.3, 0.4) is 0 Å². The third kappa shape index (κ3) is 4.43. The van der Waals surface area contributed by atoms with Crippen LogP contribution < -0.4 is 5.32 Å². The first-order valence-electron chi connectivity index (χ1n) is 15.6. The Kier molecular flexibility index (Phi) is 5.90. The molecule has 4 bridgehead atoms. The highest BCUT2D eigenvalue weighted by molar-refractivity contribution is 7.22. The fourth-order valence-corrected chi connectivity index (χ4v) is 9.78. The second-order valence-corrected chi connectivity index (χ2v) is 14.4. The van der Waals surface area contributed by atoms with E-state index in [1.54, 1.807) is 34.3 Å². The number of aromatic carboxylic acids is 1. The van der Waals surface area contributed by atoms with Crippen LogP contribution in [0.25, 0.3) is 38.4 Å². The molecule has 226 valence electrons. The van der Waals surface area contributed by atoms with Gasteiger partial charge < -0.3 is 10.4 Å². The molecule has 0 amide bonds. The number of fused-ring (bicyclic) bond motifs is 2. The molecule has 6 aromatic rings. The predicted molar refractivity (Wildman–Crippen MR) is 173 cm³/mol. The van der Waals surface area contributed by atoms with Gasteiger partial charge in [0, 0.05) is 29.6 Å². The van der Waals surface area contributed by atoms with E-state index in [9.17, 15) is 9.90 Å². The molecule has 0 radical (unpaired) electrons. The Morgan fingerprint density at radius 2 is 1.76 bits per heavy atom. The van der Waals surface area contributed by atoms with Gasteiger partial charge in [0.2, 0.25) is 0 Å². The van der Waals surface area contributed by atoms with E-state index < -0.39 is 5.97 Å². The molecular formula is C34H32N8O2S. The molecule has 0 aliphatic heterocycles. The van der Waals surface area contributed by atoms with Crippen LogP contribution in [0.1, 0.15) is 54.6 Å². The van der Waals surface area contributed by atoms with Gasteiger partial charge >= 0.3 is 5.97 Å². The standard InChI is InChI=1S/C34H32N8O2S/c1-19-24(14-38-42(19)18-34-11-20-8-21(12-34)10-22(9-20)13-34)23-6-7-41-27(16-37-31(41)30(23)32(43)44)26-15-36-29(17-35-26)40-33-39-25-4-2-3-5-28(25)45-33/h2-7,14-17,20-22H,8-13,18H2,1H3,(H,43,44)(H,36,39,40). The number of benzene rings is 1. The Morgan fingerprint density at radius 1 is 0.978 bits per heavy atom. The van der Waals surface area contributed by atoms with Gasteiger partial charge in [0.25, 0.3) is 0 Å². The largest absolute Gasteiger partial charge is 0.478 e. The van der Waals surface area contributed by atoms with Crippen molar-refractivity contribution in [2.24, 2.45) is 23.2 Å². The lowest BCUT2D eigenvalue weighted by Crippen LogP contribution is -2.48. The lowest BCUT2D eigenvalue weighted by Gasteiger charge is -2.56. The molecule has 0 atom stereocenters. The molecule has 4 fully saturated rings. The monoisotopic (exact) mass is 616 g/mol. The average Bonchev–Trinajstić information content (AvgIpc) is 3.73. The minimum absolute atomic E-state index is 0.156. The lowest BCUT2D eigenvalue weighted by molar-refractivity contribution is -0.0638. The average molecular weight is 617 g/mol. The van der Waals surface area contributed by atoms with E-state index in [0.29, 0.717) is 33.8 Å². The number of pyridine rings is 1. The highest BCUT2D eigenvalue weighted by Crippen LogP contribution is 2.60. The maximum absolute atomic E-state index is 12.7. The highest BCUT2D eigenvalue weighted by Gasteiger charge is 2.51. The first-order chi connectivity index (χ1) is 21.9. The molecule has 10 nitrogen and oxygen atoms in total. The van der Waals surface area contributed by atoms with Gasteiger partial charge in [-0.1, -0.05) is 23.5 Å². The number of hydrogen-bond donors (Lipinski definition) is 2. The summed E-state index contributed by atoms with van der Waals surface area (Å²) in [6.07, 6.45) is 16.8. The van der Waals surface area contributed by atoms with Crippen molar-refractivity contribution in [3.8, 4) is 22.5 Å². The number of imidazole rings is 1. The van der Waals surface area contributed by atoms with E-state index in [4.69, 9.17) is 5.10 Å². The summed E-state index contributed by atoms with van der Waals surface area (Å²) in [5.74, 6) is 2.16. The second-order valence-electron chi connectivity index (χ2n) is 13.4. The van der Waals surface area contributed by atoms with Crippen LogP contribution in [-0.2, 0) is 6.54 Å². The topological polar surface area (TPSA) is 123 Å². The number of anilines is 2. The van der Waals surface area contributed by atoms with E-state index in [1.165, 1.54) is 38.5 Å². The van der Waals surface area contributed by atoms with Gasteiger partial charge in [-0.3, -0.25) is 9.08 Å². The van der Waals surface area contributed by atoms with E-state index in [2.05, 4.69) is 36.9 Å². The molecule has 2 N–H and O–H groups in total. The quantitative estimate of drug-likeness (QED) is 0.193. The first-order valence-corrected chi connectivity index (χ1v) is 16.4. The van der Waals surface area contributed by atoms with Crippen LogP contribution in [0, 0.1) is 30.1 Å². The zero-order valence-corrected chi connectivity index (χ0v) is 25.7. The number of hydrogen-bond acceptors (Lipinski definition) is 8. The van der Waals surface area contributed by atoms with Crippen LogP contribution >= 0.6 is 11.3 Å². The number of rotatable bonds is 7. The van der Waals surface area contributed by atoms with Crippen LogP contribution in [0.15, 0.2) is 61.3 Å². The van der Waals surface area contributed by atoms with Gasteiger partial charge in [-0.25, -0.2) is 24.7 Å². The normalized spacial score (nSPS) is 23.7. The van der Waals surface area contributed by atoms with Crippen LogP contribution in [0.5, 0.6) is 0 Å². The zero-order valence-electron chi connectivity index (χ0n) is 24.8. The fourth-order valence-electron chi connectivity index (χ4n) is 8.91. The molecule has 1 aromatic carbocycles. The van der Waals surface area contributed by atoms with Crippen LogP contribution in [0.2, 0.25) is 0 Å². The zero-order chi connectivity index (χ0) is 30.3. The molecule has 4 saturated carbocycles. The van der Waals surface area contributed by atoms with Crippen molar-refractivity contribution >= 4 is 44.1 Å². The number of nitrogens with zero attached hydrogens (tertiary/aromatic N) is 7. The summed E-state index contributed by atoms with van der Waals surface area (Å²) >= 11 is 1.55. The van der Waals surface area contributed by atoms with E-state index in [-0.39, 0.29) is 5.56 Å². The van der Waals surface area contributed by atoms with Gasteiger partial charge in [0.15, 0.2) is 16.6 Å². The van der Waals surface area contributed by atoms with Gasteiger partial charge in [-0.15, -0.1) is 0 Å². The third-order valence-electron chi connectivity index (χ3n) is 10.4. The third-order valence-corrected chi connectivity index (χ3v) is 11.3. The molecule has 45 heavy (non-hydrogen) atoms. The summed E-state index contributed by atoms with van der Waals surface area (Å²) in [5.41, 5.74) is 5.50. The number of nitrogens with one attached hydrogen (secondary N) is 1. The van der Waals surface area contributed by atoms with Crippen molar-refractivity contribution < 1.29 is 9.90 Å². The summed E-state index contributed by atoms with van der Waals surface area (Å²) < 4.78 is 5.00. The van der Waals surface area contributed by atoms with Crippen molar-refractivity contribution in [1.29, 1.82) is 0 Å². The molecule has 4 aliphatic rings. The van der Waals surface area contributed by atoms with E-state index in [0.717, 1.165) is 50.9 Å². The van der Waals surface area contributed by atoms with Crippen molar-refractivity contribution in [3.63, 3.8) is 0 Å². The SMILES string of the molecule is Cc1c(-c2ccn3c(-c4cnc(Nc5nc6ccccc6s5)cn4)cnc3c2C(=O)O)cnn1CC12CC3CC(CC(C3)C1)C2. The summed E-state index contributed by atoms with van der Waals surface area (Å²) in [4.78, 5) is 31.1. The minimum atomic E-state index is -1.03. The van der Waals surface area contributed by atoms with Crippen LogP contribution in [0.4, 0.5) is 10.9 Å². The Hall–Kier alpha value is -4.64. The summed E-state index contributed by atoms with van der Waals surface area (Å²) in [6.45, 7) is 2.98. The first kappa shape index (κ1) is 26.7. The number of para-hydroxylation sites is 1. The Balaban J connectivity index is 1.01. The highest BCUT2D eigenvalue weighted by atomic mass is 32.1. The van der Waals surface area contributed by atoms with E-state index in [1.807, 2.05) is 42.7 Å². The molecule has 5 heterocycles. The van der Waals surface area contributed by atoms with Crippen molar-refractivity contribution in [3.05, 3.63) is 72.6 Å². The maximum atomic E-state index is 12.7. The molecular weight excluding hydrogens is 584 g/mol. The number of carbonyl (C=O) groups is 1. The molecule has 10 rings (SSSR count). The Bertz CT molecular complexity index is 2040. The fraction of sp³-hybridized carbons (Fsp3) is 0.353. The minimum Gasteiger partial charge on any atom is -0.478 e. The van der Waals surface area contributed by atoms with E-state index >= 15 is 0 Å².